The van der Waals surface area contributed by atoms with Crippen LogP contribution in [0.25, 0.3) is 0 Å². The lowest BCUT2D eigenvalue weighted by Crippen LogP contribution is -2.29. The Hall–Kier alpha value is -1.23. The van der Waals surface area contributed by atoms with E-state index in [2.05, 4.69) is 40.4 Å². The fourth-order valence-corrected chi connectivity index (χ4v) is 2.83. The lowest BCUT2D eigenvalue weighted by Gasteiger charge is -2.18. The van der Waals surface area contributed by atoms with Gasteiger partial charge in [0.1, 0.15) is 5.82 Å². The Morgan fingerprint density at radius 2 is 2.00 bits per heavy atom. The third-order valence-corrected chi connectivity index (χ3v) is 3.67. The van der Waals surface area contributed by atoms with Crippen LogP contribution in [-0.4, -0.2) is 0 Å². The molecule has 1 atom stereocenters. The average molecular weight is 337 g/mol. The predicted molar refractivity (Wildman–Crippen MR) is 83.7 cm³/mol. The largest absolute Gasteiger partial charge is 0.271 e. The van der Waals surface area contributed by atoms with Gasteiger partial charge in [0.05, 0.1) is 6.04 Å². The van der Waals surface area contributed by atoms with Gasteiger partial charge in [-0.2, -0.15) is 0 Å². The molecule has 0 amide bonds. The molecule has 0 heterocycles. The van der Waals surface area contributed by atoms with Gasteiger partial charge >= 0.3 is 0 Å². The van der Waals surface area contributed by atoms with Gasteiger partial charge in [0.2, 0.25) is 0 Å². The van der Waals surface area contributed by atoms with E-state index in [0.29, 0.717) is 4.47 Å². The Morgan fingerprint density at radius 1 is 1.20 bits per heavy atom. The summed E-state index contributed by atoms with van der Waals surface area (Å²) < 4.78 is 14.2. The zero-order chi connectivity index (χ0) is 14.5. The van der Waals surface area contributed by atoms with Gasteiger partial charge in [-0.05, 0) is 41.3 Å². The van der Waals surface area contributed by atoms with Gasteiger partial charge in [0.25, 0.3) is 0 Å². The molecule has 0 bridgehead atoms. The SMILES string of the molecule is CCCc1cccc(C(NN)c2cc(F)cc(Br)c2)c1. The van der Waals surface area contributed by atoms with Crippen LogP contribution in [0.15, 0.2) is 46.9 Å². The van der Waals surface area contributed by atoms with E-state index in [-0.39, 0.29) is 11.9 Å². The number of benzene rings is 2. The second kappa shape index (κ2) is 6.97. The van der Waals surface area contributed by atoms with Crippen molar-refractivity contribution >= 4 is 15.9 Å². The zero-order valence-electron chi connectivity index (χ0n) is 11.4. The van der Waals surface area contributed by atoms with Gasteiger partial charge in [-0.3, -0.25) is 5.84 Å². The molecule has 2 aromatic rings. The van der Waals surface area contributed by atoms with Crippen molar-refractivity contribution in [3.05, 3.63) is 69.4 Å². The van der Waals surface area contributed by atoms with Gasteiger partial charge in [-0.1, -0.05) is 53.5 Å². The van der Waals surface area contributed by atoms with E-state index >= 15 is 0 Å². The summed E-state index contributed by atoms with van der Waals surface area (Å²) in [4.78, 5) is 0. The Bertz CT molecular complexity index is 566. The average Bonchev–Trinajstić information content (AvgIpc) is 2.39. The molecule has 0 radical (unpaired) electrons. The predicted octanol–water partition coefficient (Wildman–Crippen LogP) is 4.09. The molecular formula is C16H18BrFN2. The summed E-state index contributed by atoms with van der Waals surface area (Å²) in [5.41, 5.74) is 5.87. The van der Waals surface area contributed by atoms with E-state index in [1.54, 1.807) is 0 Å². The Morgan fingerprint density at radius 3 is 2.65 bits per heavy atom. The van der Waals surface area contributed by atoms with Crippen LogP contribution in [0.3, 0.4) is 0 Å². The molecule has 0 aliphatic carbocycles. The number of aryl methyl sites for hydroxylation is 1. The van der Waals surface area contributed by atoms with E-state index in [4.69, 9.17) is 5.84 Å². The van der Waals surface area contributed by atoms with Gasteiger partial charge in [0, 0.05) is 4.47 Å². The normalized spacial score (nSPS) is 12.4. The maximum absolute atomic E-state index is 13.5. The summed E-state index contributed by atoms with van der Waals surface area (Å²) in [7, 11) is 0. The highest BCUT2D eigenvalue weighted by Gasteiger charge is 2.14. The minimum atomic E-state index is -0.278. The molecule has 0 fully saturated rings. The summed E-state index contributed by atoms with van der Waals surface area (Å²) >= 11 is 3.31. The van der Waals surface area contributed by atoms with Crippen molar-refractivity contribution in [2.45, 2.75) is 25.8 Å². The molecule has 2 rings (SSSR count). The maximum Gasteiger partial charge on any atom is 0.124 e. The summed E-state index contributed by atoms with van der Waals surface area (Å²) in [6.45, 7) is 2.15. The van der Waals surface area contributed by atoms with Crippen LogP contribution < -0.4 is 11.3 Å². The van der Waals surface area contributed by atoms with Crippen LogP contribution in [0.5, 0.6) is 0 Å². The Labute approximate surface area is 127 Å². The second-order valence-corrected chi connectivity index (χ2v) is 5.71. The molecule has 0 aliphatic heterocycles. The van der Waals surface area contributed by atoms with Crippen molar-refractivity contribution in [1.82, 2.24) is 5.43 Å². The van der Waals surface area contributed by atoms with Gasteiger partial charge in [-0.15, -0.1) is 0 Å². The van der Waals surface area contributed by atoms with Crippen LogP contribution in [0.1, 0.15) is 36.1 Å². The van der Waals surface area contributed by atoms with Crippen LogP contribution in [0, 0.1) is 5.82 Å². The number of hydrogen-bond donors (Lipinski definition) is 2. The molecular weight excluding hydrogens is 319 g/mol. The summed E-state index contributed by atoms with van der Waals surface area (Å²) in [5.74, 6) is 5.39. The molecule has 0 spiro atoms. The molecule has 106 valence electrons. The Balaban J connectivity index is 2.38. The van der Waals surface area contributed by atoms with Crippen molar-refractivity contribution in [3.63, 3.8) is 0 Å². The number of nitrogens with one attached hydrogen (secondary N) is 1. The van der Waals surface area contributed by atoms with E-state index in [1.807, 2.05) is 18.2 Å². The molecule has 2 aromatic carbocycles. The van der Waals surface area contributed by atoms with Crippen molar-refractivity contribution in [2.75, 3.05) is 0 Å². The standard InChI is InChI=1S/C16H18BrFN2/c1-2-4-11-5-3-6-12(7-11)16(20-19)13-8-14(17)10-15(18)9-13/h3,5-10,16,20H,2,4,19H2,1H3. The summed E-state index contributed by atoms with van der Waals surface area (Å²) in [6, 6.07) is 12.8. The number of halogens is 2. The quantitative estimate of drug-likeness (QED) is 0.637. The topological polar surface area (TPSA) is 38.0 Å². The summed E-state index contributed by atoms with van der Waals surface area (Å²) in [5, 5.41) is 0. The van der Waals surface area contributed by atoms with Crippen molar-refractivity contribution in [2.24, 2.45) is 5.84 Å². The minimum Gasteiger partial charge on any atom is -0.271 e. The first-order chi connectivity index (χ1) is 9.63. The first-order valence-corrected chi connectivity index (χ1v) is 7.44. The first kappa shape index (κ1) is 15.2. The van der Waals surface area contributed by atoms with E-state index < -0.39 is 0 Å². The molecule has 4 heteroatoms. The number of nitrogens with two attached hydrogens (primary N) is 1. The van der Waals surface area contributed by atoms with Crippen LogP contribution >= 0.6 is 15.9 Å². The molecule has 3 N–H and O–H groups in total. The number of hydrogen-bond acceptors (Lipinski definition) is 2. The van der Waals surface area contributed by atoms with E-state index in [0.717, 1.165) is 24.0 Å². The van der Waals surface area contributed by atoms with Crippen molar-refractivity contribution in [3.8, 4) is 0 Å². The molecule has 20 heavy (non-hydrogen) atoms. The minimum absolute atomic E-state index is 0.223. The maximum atomic E-state index is 13.5. The third kappa shape index (κ3) is 3.66. The fraction of sp³-hybridized carbons (Fsp3) is 0.250. The lowest BCUT2D eigenvalue weighted by atomic mass is 9.96. The molecule has 2 nitrogen and oxygen atoms in total. The van der Waals surface area contributed by atoms with Crippen LogP contribution in [-0.2, 0) is 6.42 Å². The highest BCUT2D eigenvalue weighted by molar-refractivity contribution is 9.10. The smallest absolute Gasteiger partial charge is 0.124 e. The first-order valence-electron chi connectivity index (χ1n) is 6.65. The van der Waals surface area contributed by atoms with Gasteiger partial charge < -0.3 is 0 Å². The summed E-state index contributed by atoms with van der Waals surface area (Å²) in [6.07, 6.45) is 2.12. The van der Waals surface area contributed by atoms with Crippen molar-refractivity contribution < 1.29 is 4.39 Å². The molecule has 0 saturated carbocycles. The monoisotopic (exact) mass is 336 g/mol. The number of hydrazine groups is 1. The highest BCUT2D eigenvalue weighted by Crippen LogP contribution is 2.26. The van der Waals surface area contributed by atoms with E-state index in [1.165, 1.54) is 17.7 Å². The molecule has 0 saturated heterocycles. The molecule has 0 aromatic heterocycles. The van der Waals surface area contributed by atoms with Crippen molar-refractivity contribution in [1.29, 1.82) is 0 Å². The van der Waals surface area contributed by atoms with Crippen LogP contribution in [0.4, 0.5) is 4.39 Å². The second-order valence-electron chi connectivity index (χ2n) is 4.80. The van der Waals surface area contributed by atoms with Gasteiger partial charge in [-0.25, -0.2) is 9.82 Å². The zero-order valence-corrected chi connectivity index (χ0v) is 13.0. The highest BCUT2D eigenvalue weighted by atomic mass is 79.9. The lowest BCUT2D eigenvalue weighted by molar-refractivity contribution is 0.604. The number of rotatable bonds is 5. The van der Waals surface area contributed by atoms with E-state index in [9.17, 15) is 4.39 Å². The van der Waals surface area contributed by atoms with Gasteiger partial charge in [0.15, 0.2) is 0 Å². The fourth-order valence-electron chi connectivity index (χ4n) is 2.34. The van der Waals surface area contributed by atoms with Crippen LogP contribution in [0.2, 0.25) is 0 Å². The molecule has 0 aliphatic rings. The third-order valence-electron chi connectivity index (χ3n) is 3.21. The molecule has 1 unspecified atom stereocenters. The Kier molecular flexibility index (Phi) is 5.29.